The van der Waals surface area contributed by atoms with Crippen LogP contribution in [0.1, 0.15) is 38.8 Å². The number of hydrazone groups is 1. The number of carbonyl (C=O) groups excluding carboxylic acids is 1. The van der Waals surface area contributed by atoms with E-state index >= 15 is 0 Å². The summed E-state index contributed by atoms with van der Waals surface area (Å²) in [6.07, 6.45) is 2.04. The Bertz CT molecular complexity index is 2020. The normalized spacial score (nSPS) is 12.8. The molecule has 2 heterocycles. The van der Waals surface area contributed by atoms with Gasteiger partial charge < -0.3 is 5.11 Å². The van der Waals surface area contributed by atoms with Gasteiger partial charge in [0, 0.05) is 51.8 Å². The van der Waals surface area contributed by atoms with Crippen LogP contribution in [0.15, 0.2) is 162 Å². The molecule has 1 aliphatic heterocycles. The first-order valence-electron chi connectivity index (χ1n) is 16.5. The summed E-state index contributed by atoms with van der Waals surface area (Å²) in [5.74, 6) is -0.355. The van der Waals surface area contributed by atoms with E-state index in [-0.39, 0.29) is 62.9 Å². The number of aliphatic hydroxyl groups is 1. The number of aliphatic hydroxyl groups excluding tert-OH is 1. The number of carbonyl (C=O) groups is 1. The van der Waals surface area contributed by atoms with Gasteiger partial charge in [0.1, 0.15) is 24.1 Å². The molecule has 1 aliphatic rings. The van der Waals surface area contributed by atoms with Crippen LogP contribution in [0.3, 0.4) is 0 Å². The molecule has 0 aliphatic carbocycles. The molecule has 0 saturated carbocycles. The van der Waals surface area contributed by atoms with Gasteiger partial charge in [0.2, 0.25) is 0 Å². The van der Waals surface area contributed by atoms with Crippen LogP contribution >= 0.6 is 0 Å². The van der Waals surface area contributed by atoms with Crippen LogP contribution in [0.5, 0.6) is 0 Å². The molecule has 1 amide bonds. The largest absolute Gasteiger partial charge is 0.506 e. The molecule has 0 spiro atoms. The number of rotatable bonds is 4. The third-order valence-electron chi connectivity index (χ3n) is 8.03. The third-order valence-corrected chi connectivity index (χ3v) is 8.03. The molecule has 1 aromatic heterocycles. The smallest absolute Gasteiger partial charge is 0.284 e. The SMILES string of the molecule is CC1=NN(c2ccccc2)C(=O)C1=C(O)c1ccc(C(C)(C)C)cc1.C[n+]1ccccc1-c1[c-]cccc1.[Ir].[Ir].[c-]1ccccc1-c1[c-]cccc1. The Balaban J connectivity index is 0.000000227. The van der Waals surface area contributed by atoms with Crippen molar-refractivity contribution in [2.45, 2.75) is 33.1 Å². The van der Waals surface area contributed by atoms with Crippen LogP contribution in [-0.2, 0) is 57.5 Å². The maximum atomic E-state index is 12.8. The Kier molecular flexibility index (Phi) is 15.8. The predicted octanol–water partition coefficient (Wildman–Crippen LogP) is 9.60. The van der Waals surface area contributed by atoms with Gasteiger partial charge in [-0.05, 0) is 36.1 Å². The van der Waals surface area contributed by atoms with Crippen molar-refractivity contribution in [3.05, 3.63) is 187 Å². The van der Waals surface area contributed by atoms with Crippen LogP contribution in [0.4, 0.5) is 5.69 Å². The van der Waals surface area contributed by atoms with Crippen molar-refractivity contribution in [2.75, 3.05) is 5.01 Å². The number of nitrogens with zero attached hydrogens (tertiary/aromatic N) is 3. The Morgan fingerprint density at radius 1 is 0.673 bits per heavy atom. The first-order chi connectivity index (χ1) is 24.1. The predicted molar refractivity (Wildman–Crippen MR) is 203 cm³/mol. The average molecular weight is 1040 g/mol. The third kappa shape index (κ3) is 10.9. The summed E-state index contributed by atoms with van der Waals surface area (Å²) >= 11 is 0. The van der Waals surface area contributed by atoms with E-state index in [4.69, 9.17) is 0 Å². The van der Waals surface area contributed by atoms with E-state index in [9.17, 15) is 9.90 Å². The Labute approximate surface area is 335 Å². The molecule has 7 rings (SSSR count). The van der Waals surface area contributed by atoms with Crippen LogP contribution < -0.4 is 9.58 Å². The number of para-hydroxylation sites is 1. The minimum atomic E-state index is -0.318. The summed E-state index contributed by atoms with van der Waals surface area (Å²) in [4.78, 5) is 12.8. The second-order valence-electron chi connectivity index (χ2n) is 12.7. The molecular weight excluding hydrogens is 999 g/mol. The van der Waals surface area contributed by atoms with Gasteiger partial charge in [-0.2, -0.15) is 58.6 Å². The minimum Gasteiger partial charge on any atom is -0.506 e. The van der Waals surface area contributed by atoms with E-state index in [0.717, 1.165) is 16.7 Å². The Morgan fingerprint density at radius 2 is 1.17 bits per heavy atom. The number of pyridine rings is 1. The van der Waals surface area contributed by atoms with E-state index in [1.165, 1.54) is 16.3 Å². The molecule has 6 aromatic rings. The fraction of sp³-hybridized carbons (Fsp3) is 0.133. The van der Waals surface area contributed by atoms with Gasteiger partial charge in [0.05, 0.1) is 11.4 Å². The molecule has 5 nitrogen and oxygen atoms in total. The standard InChI is InChI=1S/C21H22N2O2.C12H11N.C12H8.2Ir/c1-14-18(20(25)23(22-14)17-8-6-5-7-9-17)19(24)15-10-12-16(13-11-15)21(2,3)4;1-13-10-6-5-9-12(13)11-7-3-2-4-8-11;1-3-7-11(8-4-1)12-9-5-2-6-10-12;;/h5-13,24H,1-4H3;2-7,9-10H,1H3;1-7,9H;;/q;;-2;;. The molecule has 0 unspecified atom stereocenters. The molecule has 2 radical (unpaired) electrons. The Hall–Kier alpha value is -4.77. The summed E-state index contributed by atoms with van der Waals surface area (Å²) in [5.41, 5.74) is 7.75. The zero-order valence-electron chi connectivity index (χ0n) is 29.8. The average Bonchev–Trinajstić information content (AvgIpc) is 3.46. The summed E-state index contributed by atoms with van der Waals surface area (Å²) in [5, 5.41) is 16.3. The molecule has 0 bridgehead atoms. The van der Waals surface area contributed by atoms with E-state index in [1.807, 2.05) is 147 Å². The van der Waals surface area contributed by atoms with E-state index in [0.29, 0.717) is 17.0 Å². The second-order valence-corrected chi connectivity index (χ2v) is 12.7. The number of aryl methyl sites for hydroxylation is 1. The number of hydrogen-bond acceptors (Lipinski definition) is 3. The molecule has 0 atom stereocenters. The maximum Gasteiger partial charge on any atom is 0.284 e. The fourth-order valence-corrected chi connectivity index (χ4v) is 5.27. The Morgan fingerprint density at radius 3 is 1.65 bits per heavy atom. The maximum absolute atomic E-state index is 12.8. The van der Waals surface area contributed by atoms with Crippen molar-refractivity contribution in [3.8, 4) is 22.4 Å². The molecular formula is C45H41Ir2N3O2-2. The van der Waals surface area contributed by atoms with Crippen molar-refractivity contribution < 1.29 is 54.7 Å². The van der Waals surface area contributed by atoms with Gasteiger partial charge in [0.25, 0.3) is 5.91 Å². The van der Waals surface area contributed by atoms with E-state index in [2.05, 4.69) is 60.8 Å². The van der Waals surface area contributed by atoms with Crippen LogP contribution in [0, 0.1) is 18.2 Å². The number of hydrogen-bond donors (Lipinski definition) is 1. The zero-order chi connectivity index (χ0) is 35.5. The quantitative estimate of drug-likeness (QED) is 0.0829. The van der Waals surface area contributed by atoms with Crippen LogP contribution in [-0.4, -0.2) is 16.7 Å². The fourth-order valence-electron chi connectivity index (χ4n) is 5.27. The molecule has 52 heavy (non-hydrogen) atoms. The molecule has 268 valence electrons. The van der Waals surface area contributed by atoms with Gasteiger partial charge >= 0.3 is 0 Å². The number of anilines is 1. The molecule has 1 N–H and O–H groups in total. The summed E-state index contributed by atoms with van der Waals surface area (Å²) < 4.78 is 2.09. The topological polar surface area (TPSA) is 56.8 Å². The summed E-state index contributed by atoms with van der Waals surface area (Å²) in [6.45, 7) is 8.13. The molecule has 0 fully saturated rings. The minimum absolute atomic E-state index is 0. The van der Waals surface area contributed by atoms with E-state index < -0.39 is 0 Å². The monoisotopic (exact) mass is 1040 g/mol. The van der Waals surface area contributed by atoms with Crippen molar-refractivity contribution in [1.29, 1.82) is 0 Å². The zero-order valence-corrected chi connectivity index (χ0v) is 34.6. The van der Waals surface area contributed by atoms with E-state index in [1.54, 1.807) is 6.92 Å². The number of aromatic nitrogens is 1. The van der Waals surface area contributed by atoms with Gasteiger partial charge in [-0.1, -0.05) is 74.9 Å². The molecule has 5 aromatic carbocycles. The first kappa shape index (κ1) is 41.6. The number of benzene rings is 5. The summed E-state index contributed by atoms with van der Waals surface area (Å²) in [6, 6.07) is 56.3. The first-order valence-corrected chi connectivity index (χ1v) is 16.5. The molecule has 7 heteroatoms. The molecule has 0 saturated heterocycles. The number of amides is 1. The van der Waals surface area contributed by atoms with Gasteiger partial charge in [-0.25, -0.2) is 15.7 Å². The van der Waals surface area contributed by atoms with Gasteiger partial charge in [-0.15, -0.1) is 42.5 Å². The van der Waals surface area contributed by atoms with Crippen molar-refractivity contribution in [1.82, 2.24) is 0 Å². The van der Waals surface area contributed by atoms with Crippen LogP contribution in [0.25, 0.3) is 28.1 Å². The second kappa shape index (κ2) is 19.7. The van der Waals surface area contributed by atoms with Crippen molar-refractivity contribution in [3.63, 3.8) is 0 Å². The van der Waals surface area contributed by atoms with Gasteiger partial charge in [-0.3, -0.25) is 4.79 Å². The van der Waals surface area contributed by atoms with Crippen LogP contribution in [0.2, 0.25) is 0 Å². The van der Waals surface area contributed by atoms with Crippen molar-refractivity contribution >= 4 is 23.1 Å². The summed E-state index contributed by atoms with van der Waals surface area (Å²) in [7, 11) is 2.04. The van der Waals surface area contributed by atoms with Crippen molar-refractivity contribution in [2.24, 2.45) is 12.1 Å². The van der Waals surface area contributed by atoms with Gasteiger partial charge in [0.15, 0.2) is 6.20 Å².